The molecule has 1 aliphatic carbocycles. The Labute approximate surface area is 78.0 Å². The summed E-state index contributed by atoms with van der Waals surface area (Å²) >= 11 is 0. The Morgan fingerprint density at radius 1 is 1.31 bits per heavy atom. The maximum atomic E-state index is 9.22. The van der Waals surface area contributed by atoms with Crippen LogP contribution in [0.5, 0.6) is 0 Å². The Balaban J connectivity index is 2.54. The minimum atomic E-state index is 0.127. The van der Waals surface area contributed by atoms with Gasteiger partial charge in [0.2, 0.25) is 0 Å². The molecule has 1 nitrogen and oxygen atoms in total. The van der Waals surface area contributed by atoms with E-state index in [0.29, 0.717) is 0 Å². The average molecular weight is 172 g/mol. The molecule has 0 aliphatic heterocycles. The summed E-state index contributed by atoms with van der Waals surface area (Å²) in [6.07, 6.45) is 2.11. The van der Waals surface area contributed by atoms with Gasteiger partial charge in [-0.25, -0.2) is 0 Å². The van der Waals surface area contributed by atoms with Crippen molar-refractivity contribution in [3.05, 3.63) is 48.0 Å². The van der Waals surface area contributed by atoms with Crippen LogP contribution in [-0.4, -0.2) is 5.11 Å². The zero-order valence-electron chi connectivity index (χ0n) is 7.51. The third kappa shape index (κ3) is 1.26. The van der Waals surface area contributed by atoms with Crippen LogP contribution in [-0.2, 0) is 6.42 Å². The van der Waals surface area contributed by atoms with Crippen LogP contribution < -0.4 is 0 Å². The highest BCUT2D eigenvalue weighted by Crippen LogP contribution is 2.32. The minimum absolute atomic E-state index is 0.127. The first-order valence-corrected chi connectivity index (χ1v) is 4.38. The lowest BCUT2D eigenvalue weighted by Gasteiger charge is -2.03. The van der Waals surface area contributed by atoms with Crippen LogP contribution >= 0.6 is 0 Å². The van der Waals surface area contributed by atoms with Gasteiger partial charge in [-0.15, -0.1) is 0 Å². The van der Waals surface area contributed by atoms with E-state index in [9.17, 15) is 5.11 Å². The maximum Gasteiger partial charge on any atom is 0.115 e. The van der Waals surface area contributed by atoms with Crippen LogP contribution in [0.1, 0.15) is 23.1 Å². The lowest BCUT2D eigenvalue weighted by Crippen LogP contribution is -1.85. The second-order valence-corrected chi connectivity index (χ2v) is 3.42. The molecule has 1 aromatic carbocycles. The van der Waals surface area contributed by atoms with Crippen LogP contribution in [0.15, 0.2) is 31.4 Å². The number of aliphatic hydroxyl groups excluding tert-OH is 1. The second kappa shape index (κ2) is 2.77. The van der Waals surface area contributed by atoms with Gasteiger partial charge in [-0.1, -0.05) is 25.3 Å². The van der Waals surface area contributed by atoms with Crippen molar-refractivity contribution in [1.29, 1.82) is 0 Å². The van der Waals surface area contributed by atoms with Crippen LogP contribution in [0.3, 0.4) is 0 Å². The summed E-state index contributed by atoms with van der Waals surface area (Å²) in [7, 11) is 0. The zero-order valence-corrected chi connectivity index (χ0v) is 7.51. The first kappa shape index (κ1) is 8.11. The third-order valence-electron chi connectivity index (χ3n) is 2.52. The molecule has 0 unspecified atom stereocenters. The van der Waals surface area contributed by atoms with Crippen LogP contribution in [0, 0.1) is 0 Å². The number of rotatable bonds is 1. The molecular formula is C12H12O. The van der Waals surface area contributed by atoms with E-state index in [1.165, 1.54) is 11.1 Å². The van der Waals surface area contributed by atoms with Crippen molar-refractivity contribution in [3.8, 4) is 0 Å². The summed E-state index contributed by atoms with van der Waals surface area (Å²) in [6.45, 7) is 7.49. The fourth-order valence-corrected chi connectivity index (χ4v) is 1.72. The maximum absolute atomic E-state index is 9.22. The predicted octanol–water partition coefficient (Wildman–Crippen LogP) is 3.17. The van der Waals surface area contributed by atoms with Gasteiger partial charge in [-0.2, -0.15) is 0 Å². The molecule has 1 aromatic rings. The molecule has 0 saturated heterocycles. The number of hydrogen-bond donors (Lipinski definition) is 1. The molecule has 1 N–H and O–H groups in total. The van der Waals surface area contributed by atoms with Gasteiger partial charge < -0.3 is 5.11 Å². The topological polar surface area (TPSA) is 20.2 Å². The fraction of sp³-hybridized carbons (Fsp3) is 0.167. The summed E-state index contributed by atoms with van der Waals surface area (Å²) in [6, 6.07) is 5.91. The highest BCUT2D eigenvalue weighted by Gasteiger charge is 2.14. The van der Waals surface area contributed by atoms with E-state index in [4.69, 9.17) is 0 Å². The molecule has 1 aliphatic rings. The van der Waals surface area contributed by atoms with Crippen molar-refractivity contribution in [2.45, 2.75) is 12.8 Å². The lowest BCUT2D eigenvalue weighted by atomic mass is 10.0. The quantitative estimate of drug-likeness (QED) is 0.645. The van der Waals surface area contributed by atoms with Crippen molar-refractivity contribution in [2.24, 2.45) is 0 Å². The molecule has 2 rings (SSSR count). The first-order valence-electron chi connectivity index (χ1n) is 4.38. The molecule has 0 saturated carbocycles. The lowest BCUT2D eigenvalue weighted by molar-refractivity contribution is 0.514. The number of allylic oxidation sites excluding steroid dienone is 1. The van der Waals surface area contributed by atoms with E-state index < -0.39 is 0 Å². The molecule has 13 heavy (non-hydrogen) atoms. The number of aliphatic hydroxyl groups is 1. The van der Waals surface area contributed by atoms with Gasteiger partial charge in [0, 0.05) is 5.56 Å². The molecule has 0 heterocycles. The van der Waals surface area contributed by atoms with Gasteiger partial charge in [0.15, 0.2) is 0 Å². The predicted molar refractivity (Wildman–Crippen MR) is 55.5 cm³/mol. The molecule has 0 aromatic heterocycles. The molecule has 0 spiro atoms. The summed E-state index contributed by atoms with van der Waals surface area (Å²) in [4.78, 5) is 0. The Bertz CT molecular complexity index is 388. The largest absolute Gasteiger partial charge is 0.508 e. The van der Waals surface area contributed by atoms with Crippen molar-refractivity contribution in [2.75, 3.05) is 0 Å². The molecule has 0 radical (unpaired) electrons. The van der Waals surface area contributed by atoms with Crippen molar-refractivity contribution in [3.63, 3.8) is 0 Å². The Hall–Kier alpha value is -1.50. The van der Waals surface area contributed by atoms with Gasteiger partial charge in [-0.05, 0) is 35.6 Å². The van der Waals surface area contributed by atoms with Crippen molar-refractivity contribution in [1.82, 2.24) is 0 Å². The van der Waals surface area contributed by atoms with Crippen LogP contribution in [0.2, 0.25) is 0 Å². The first-order chi connectivity index (χ1) is 6.18. The number of aryl methyl sites for hydroxylation is 1. The summed E-state index contributed by atoms with van der Waals surface area (Å²) in [5.74, 6) is 0.127. The van der Waals surface area contributed by atoms with Crippen LogP contribution in [0.4, 0.5) is 0 Å². The van der Waals surface area contributed by atoms with E-state index in [-0.39, 0.29) is 5.76 Å². The summed E-state index contributed by atoms with van der Waals surface area (Å²) < 4.78 is 0. The molecular weight excluding hydrogens is 160 g/mol. The molecule has 0 bridgehead atoms. The number of benzene rings is 1. The number of fused-ring (bicyclic) bond motifs is 1. The monoisotopic (exact) mass is 172 g/mol. The minimum Gasteiger partial charge on any atom is -0.508 e. The molecule has 0 fully saturated rings. The van der Waals surface area contributed by atoms with Gasteiger partial charge in [-0.3, -0.25) is 0 Å². The Morgan fingerprint density at radius 2 is 2.08 bits per heavy atom. The molecule has 0 amide bonds. The summed E-state index contributed by atoms with van der Waals surface area (Å²) in [5.41, 5.74) is 4.47. The Morgan fingerprint density at radius 3 is 2.77 bits per heavy atom. The van der Waals surface area contributed by atoms with Crippen LogP contribution in [0.25, 0.3) is 11.3 Å². The normalized spacial score (nSPS) is 14.3. The van der Waals surface area contributed by atoms with E-state index in [1.54, 1.807) is 0 Å². The van der Waals surface area contributed by atoms with Crippen molar-refractivity contribution < 1.29 is 5.11 Å². The van der Waals surface area contributed by atoms with E-state index >= 15 is 0 Å². The second-order valence-electron chi connectivity index (χ2n) is 3.42. The highest BCUT2D eigenvalue weighted by molar-refractivity contribution is 5.73. The average Bonchev–Trinajstić information content (AvgIpc) is 2.47. The zero-order chi connectivity index (χ0) is 9.42. The number of hydrogen-bond acceptors (Lipinski definition) is 1. The summed E-state index contributed by atoms with van der Waals surface area (Å²) in [5, 5.41) is 9.22. The highest BCUT2D eigenvalue weighted by atomic mass is 16.3. The standard InChI is InChI=1S/C12H12O/c1-8-3-4-10-5-6-11(9(2)13)7-12(8)10/h5-7,13H,1-4H2. The van der Waals surface area contributed by atoms with E-state index in [1.807, 2.05) is 18.2 Å². The van der Waals surface area contributed by atoms with E-state index in [2.05, 4.69) is 13.2 Å². The molecule has 1 heteroatoms. The van der Waals surface area contributed by atoms with Gasteiger partial charge in [0.05, 0.1) is 0 Å². The Kier molecular flexibility index (Phi) is 1.73. The third-order valence-corrected chi connectivity index (χ3v) is 2.52. The molecule has 66 valence electrons. The van der Waals surface area contributed by atoms with Gasteiger partial charge >= 0.3 is 0 Å². The SMILES string of the molecule is C=C(O)c1ccc2c(c1)C(=C)CC2. The van der Waals surface area contributed by atoms with Gasteiger partial charge in [0.25, 0.3) is 0 Å². The van der Waals surface area contributed by atoms with E-state index in [0.717, 1.165) is 24.0 Å². The van der Waals surface area contributed by atoms with Crippen molar-refractivity contribution >= 4 is 11.3 Å². The molecule has 0 atom stereocenters. The fourth-order valence-electron chi connectivity index (χ4n) is 1.72. The smallest absolute Gasteiger partial charge is 0.115 e. The van der Waals surface area contributed by atoms with Gasteiger partial charge in [0.1, 0.15) is 5.76 Å².